The van der Waals surface area contributed by atoms with Gasteiger partial charge in [-0.2, -0.15) is 0 Å². The van der Waals surface area contributed by atoms with Crippen LogP contribution in [-0.2, 0) is 6.54 Å². The number of carbonyl (C=O) groups is 1. The number of aromatic nitrogens is 3. The number of nitrogens with two attached hydrogens (primary N) is 1. The predicted octanol–water partition coefficient (Wildman–Crippen LogP) is -2.21. The number of hydrogen-bond donors (Lipinski definition) is 3. The Balaban J connectivity index is 1.82. The number of nitrogens with zero attached hydrogens (tertiary/aromatic N) is 4. The number of amides is 1. The van der Waals surface area contributed by atoms with Gasteiger partial charge >= 0.3 is 0 Å². The molecule has 0 saturated carbocycles. The summed E-state index contributed by atoms with van der Waals surface area (Å²) in [7, 11) is 0. The summed E-state index contributed by atoms with van der Waals surface area (Å²) in [5.74, 6) is 4.59. The third-order valence-corrected chi connectivity index (χ3v) is 2.76. The third-order valence-electron chi connectivity index (χ3n) is 2.76. The van der Waals surface area contributed by atoms with E-state index in [1.807, 2.05) is 5.43 Å². The Morgan fingerprint density at radius 1 is 1.47 bits per heavy atom. The van der Waals surface area contributed by atoms with Crippen molar-refractivity contribution in [3.8, 4) is 0 Å². The maximum absolute atomic E-state index is 11.2. The van der Waals surface area contributed by atoms with Gasteiger partial charge in [-0.15, -0.1) is 5.10 Å². The molecular weight excluding hydrogens is 222 g/mol. The van der Waals surface area contributed by atoms with E-state index in [4.69, 9.17) is 5.84 Å². The molecule has 4 N–H and O–H groups in total. The van der Waals surface area contributed by atoms with E-state index in [0.717, 1.165) is 39.3 Å². The minimum absolute atomic E-state index is 0.243. The smallest absolute Gasteiger partial charge is 0.287 e. The SMILES string of the molecule is NNC(=O)c1cn(CCN2CCNCC2)nn1. The molecule has 0 unspecified atom stereocenters. The van der Waals surface area contributed by atoms with Gasteiger partial charge in [0.25, 0.3) is 5.91 Å². The molecule has 1 fully saturated rings. The van der Waals surface area contributed by atoms with Gasteiger partial charge < -0.3 is 5.32 Å². The lowest BCUT2D eigenvalue weighted by Crippen LogP contribution is -2.44. The highest BCUT2D eigenvalue weighted by Gasteiger charge is 2.11. The van der Waals surface area contributed by atoms with E-state index < -0.39 is 5.91 Å². The normalized spacial score (nSPS) is 17.0. The summed E-state index contributed by atoms with van der Waals surface area (Å²) in [5.41, 5.74) is 2.27. The molecule has 2 rings (SSSR count). The first-order chi connectivity index (χ1) is 8.29. The third kappa shape index (κ3) is 3.22. The molecular formula is C9H17N7O. The highest BCUT2D eigenvalue weighted by Crippen LogP contribution is 1.96. The Morgan fingerprint density at radius 2 is 2.24 bits per heavy atom. The topological polar surface area (TPSA) is 101 Å². The zero-order valence-corrected chi connectivity index (χ0v) is 9.59. The number of hydrogen-bond acceptors (Lipinski definition) is 6. The number of carbonyl (C=O) groups excluding carboxylic acids is 1. The molecule has 8 heteroatoms. The van der Waals surface area contributed by atoms with Crippen LogP contribution in [0.2, 0.25) is 0 Å². The van der Waals surface area contributed by atoms with Gasteiger partial charge in [-0.3, -0.25) is 19.8 Å². The van der Waals surface area contributed by atoms with Crippen molar-refractivity contribution >= 4 is 5.91 Å². The maximum Gasteiger partial charge on any atom is 0.287 e. The second-order valence-electron chi connectivity index (χ2n) is 3.93. The van der Waals surface area contributed by atoms with E-state index in [2.05, 4.69) is 20.5 Å². The van der Waals surface area contributed by atoms with Crippen LogP contribution < -0.4 is 16.6 Å². The molecule has 1 saturated heterocycles. The van der Waals surface area contributed by atoms with E-state index in [1.54, 1.807) is 10.9 Å². The lowest BCUT2D eigenvalue weighted by molar-refractivity contribution is 0.0948. The second-order valence-corrected chi connectivity index (χ2v) is 3.93. The number of rotatable bonds is 4. The summed E-state index contributed by atoms with van der Waals surface area (Å²) in [4.78, 5) is 13.5. The van der Waals surface area contributed by atoms with Crippen LogP contribution in [0.15, 0.2) is 6.20 Å². The molecule has 0 atom stereocenters. The molecule has 0 aliphatic carbocycles. The fourth-order valence-corrected chi connectivity index (χ4v) is 1.76. The largest absolute Gasteiger partial charge is 0.314 e. The Labute approximate surface area is 99.1 Å². The van der Waals surface area contributed by atoms with Crippen LogP contribution in [0.4, 0.5) is 0 Å². The van der Waals surface area contributed by atoms with Crippen molar-refractivity contribution in [2.24, 2.45) is 5.84 Å². The molecule has 2 heterocycles. The van der Waals surface area contributed by atoms with Crippen molar-refractivity contribution in [3.05, 3.63) is 11.9 Å². The van der Waals surface area contributed by atoms with Crippen LogP contribution in [0, 0.1) is 0 Å². The first-order valence-electron chi connectivity index (χ1n) is 5.64. The number of nitrogen functional groups attached to an aromatic ring is 1. The quantitative estimate of drug-likeness (QED) is 0.313. The van der Waals surface area contributed by atoms with E-state index in [-0.39, 0.29) is 5.69 Å². The zero-order chi connectivity index (χ0) is 12.1. The van der Waals surface area contributed by atoms with Crippen LogP contribution in [0.5, 0.6) is 0 Å². The summed E-state index contributed by atoms with van der Waals surface area (Å²) >= 11 is 0. The lowest BCUT2D eigenvalue weighted by Gasteiger charge is -2.26. The summed E-state index contributed by atoms with van der Waals surface area (Å²) < 4.78 is 1.66. The molecule has 1 aromatic rings. The number of piperazine rings is 1. The van der Waals surface area contributed by atoms with Crippen molar-refractivity contribution < 1.29 is 4.79 Å². The first-order valence-corrected chi connectivity index (χ1v) is 5.64. The van der Waals surface area contributed by atoms with Crippen molar-refractivity contribution in [2.75, 3.05) is 32.7 Å². The van der Waals surface area contributed by atoms with Gasteiger partial charge in [-0.1, -0.05) is 5.21 Å². The molecule has 1 aliphatic rings. The minimum Gasteiger partial charge on any atom is -0.314 e. The maximum atomic E-state index is 11.2. The van der Waals surface area contributed by atoms with Gasteiger partial charge in [0.1, 0.15) is 0 Å². The summed E-state index contributed by atoms with van der Waals surface area (Å²) in [6.07, 6.45) is 1.60. The van der Waals surface area contributed by atoms with Gasteiger partial charge in [0.05, 0.1) is 12.7 Å². The Bertz CT molecular complexity index is 371. The molecule has 0 spiro atoms. The van der Waals surface area contributed by atoms with Gasteiger partial charge in [-0.05, 0) is 0 Å². The standard InChI is InChI=1S/C9H17N7O/c10-12-9(17)8-7-16(14-13-8)6-5-15-3-1-11-2-4-15/h7,11H,1-6,10H2,(H,12,17). The van der Waals surface area contributed by atoms with Gasteiger partial charge in [-0.25, -0.2) is 5.84 Å². The fourth-order valence-electron chi connectivity index (χ4n) is 1.76. The minimum atomic E-state index is -0.418. The van der Waals surface area contributed by atoms with Crippen molar-refractivity contribution in [2.45, 2.75) is 6.54 Å². The van der Waals surface area contributed by atoms with Crippen LogP contribution in [0.25, 0.3) is 0 Å². The van der Waals surface area contributed by atoms with E-state index in [9.17, 15) is 4.79 Å². The summed E-state index contributed by atoms with van der Waals surface area (Å²) in [6.45, 7) is 5.78. The Hall–Kier alpha value is -1.51. The highest BCUT2D eigenvalue weighted by atomic mass is 16.2. The molecule has 1 aliphatic heterocycles. The van der Waals surface area contributed by atoms with Gasteiger partial charge in [0, 0.05) is 32.7 Å². The molecule has 17 heavy (non-hydrogen) atoms. The number of nitrogens with one attached hydrogen (secondary N) is 2. The van der Waals surface area contributed by atoms with E-state index in [1.165, 1.54) is 0 Å². The van der Waals surface area contributed by atoms with Crippen LogP contribution in [-0.4, -0.2) is 58.5 Å². The molecule has 0 radical (unpaired) electrons. The van der Waals surface area contributed by atoms with Crippen molar-refractivity contribution in [1.29, 1.82) is 0 Å². The molecule has 94 valence electrons. The molecule has 8 nitrogen and oxygen atoms in total. The second kappa shape index (κ2) is 5.71. The van der Waals surface area contributed by atoms with E-state index in [0.29, 0.717) is 0 Å². The van der Waals surface area contributed by atoms with E-state index >= 15 is 0 Å². The van der Waals surface area contributed by atoms with Gasteiger partial charge in [0.2, 0.25) is 0 Å². The average Bonchev–Trinajstić information content (AvgIpc) is 2.85. The summed E-state index contributed by atoms with van der Waals surface area (Å²) in [6, 6.07) is 0. The van der Waals surface area contributed by atoms with Crippen LogP contribution in [0.1, 0.15) is 10.5 Å². The lowest BCUT2D eigenvalue weighted by atomic mass is 10.3. The predicted molar refractivity (Wildman–Crippen MR) is 61.0 cm³/mol. The van der Waals surface area contributed by atoms with Crippen molar-refractivity contribution in [1.82, 2.24) is 30.6 Å². The zero-order valence-electron chi connectivity index (χ0n) is 9.59. The highest BCUT2D eigenvalue weighted by molar-refractivity contribution is 5.91. The molecule has 0 bridgehead atoms. The summed E-state index contributed by atoms with van der Waals surface area (Å²) in [5, 5.41) is 10.9. The Morgan fingerprint density at radius 3 is 2.94 bits per heavy atom. The van der Waals surface area contributed by atoms with Crippen LogP contribution in [0.3, 0.4) is 0 Å². The molecule has 1 aromatic heterocycles. The molecule has 1 amide bonds. The monoisotopic (exact) mass is 239 g/mol. The average molecular weight is 239 g/mol. The fraction of sp³-hybridized carbons (Fsp3) is 0.667. The van der Waals surface area contributed by atoms with Crippen molar-refractivity contribution in [3.63, 3.8) is 0 Å². The first kappa shape index (κ1) is 12.0. The Kier molecular flexibility index (Phi) is 4.02. The van der Waals surface area contributed by atoms with Gasteiger partial charge in [0.15, 0.2) is 5.69 Å². The van der Waals surface area contributed by atoms with Crippen LogP contribution >= 0.6 is 0 Å². The molecule has 0 aromatic carbocycles. The number of hydrazine groups is 1.